The van der Waals surface area contributed by atoms with Crippen LogP contribution in [0.1, 0.15) is 31.9 Å². The second kappa shape index (κ2) is 8.76. The fraction of sp³-hybridized carbons (Fsp3) is 0.500. The van der Waals surface area contributed by atoms with Crippen molar-refractivity contribution in [2.24, 2.45) is 0 Å². The number of nitrogen functional groups attached to an aromatic ring is 1. The highest BCUT2D eigenvalue weighted by atomic mass is 35.5. The number of nitrogens with zero attached hydrogens (tertiary/aromatic N) is 3. The van der Waals surface area contributed by atoms with E-state index in [2.05, 4.69) is 33.7 Å². The predicted octanol–water partition coefficient (Wildman–Crippen LogP) is 3.30. The summed E-state index contributed by atoms with van der Waals surface area (Å²) in [7, 11) is 0. The van der Waals surface area contributed by atoms with Crippen molar-refractivity contribution in [3.8, 4) is 0 Å². The number of anilines is 2. The Kier molecular flexibility index (Phi) is 6.39. The van der Waals surface area contributed by atoms with E-state index in [4.69, 9.17) is 22.1 Å². The highest BCUT2D eigenvalue weighted by molar-refractivity contribution is 6.32. The molecule has 0 radical (unpaired) electrons. The first-order valence-corrected chi connectivity index (χ1v) is 9.79. The Morgan fingerprint density at radius 3 is 2.96 bits per heavy atom. The molecule has 1 atom stereocenters. The zero-order valence-electron chi connectivity index (χ0n) is 16.1. The smallest absolute Gasteiger partial charge is 0.222 e. The quantitative estimate of drug-likeness (QED) is 0.769. The molecule has 0 bridgehead atoms. The molecule has 0 aromatic carbocycles. The number of aryl methyl sites for hydroxylation is 1. The van der Waals surface area contributed by atoms with Crippen molar-refractivity contribution in [3.05, 3.63) is 46.3 Å². The van der Waals surface area contributed by atoms with E-state index >= 15 is 0 Å². The average Bonchev–Trinajstić information content (AvgIpc) is 2.88. The molecule has 3 rings (SSSR count). The van der Waals surface area contributed by atoms with Crippen LogP contribution < -0.4 is 16.0 Å². The molecule has 1 fully saturated rings. The summed E-state index contributed by atoms with van der Waals surface area (Å²) in [4.78, 5) is 10.8. The molecule has 1 aromatic rings. The molecule has 0 saturated carbocycles. The minimum atomic E-state index is -0.102. The van der Waals surface area contributed by atoms with Gasteiger partial charge in [-0.3, -0.25) is 0 Å². The summed E-state index contributed by atoms with van der Waals surface area (Å²) >= 11 is 6.68. The van der Waals surface area contributed by atoms with Gasteiger partial charge in [-0.2, -0.15) is 4.98 Å². The van der Waals surface area contributed by atoms with Gasteiger partial charge in [-0.05, 0) is 44.8 Å². The number of aromatic nitrogens is 2. The molecule has 3 N–H and O–H groups in total. The molecule has 1 saturated heterocycles. The number of halogens is 1. The van der Waals surface area contributed by atoms with Gasteiger partial charge in [-0.1, -0.05) is 23.8 Å². The van der Waals surface area contributed by atoms with Gasteiger partial charge in [-0.25, -0.2) is 4.98 Å². The zero-order valence-corrected chi connectivity index (χ0v) is 16.9. The lowest BCUT2D eigenvalue weighted by Crippen LogP contribution is -2.39. The highest BCUT2D eigenvalue weighted by Crippen LogP contribution is 2.29. The number of nitrogens with two attached hydrogens (primary N) is 1. The van der Waals surface area contributed by atoms with Gasteiger partial charge in [0.25, 0.3) is 0 Å². The summed E-state index contributed by atoms with van der Waals surface area (Å²) in [6.45, 7) is 11.3. The van der Waals surface area contributed by atoms with Crippen LogP contribution in [0.2, 0.25) is 0 Å². The Morgan fingerprint density at radius 1 is 1.41 bits per heavy atom. The molecule has 0 aliphatic carbocycles. The third kappa shape index (κ3) is 4.82. The Labute approximate surface area is 166 Å². The summed E-state index contributed by atoms with van der Waals surface area (Å²) in [6.07, 6.45) is 5.13. The fourth-order valence-corrected chi connectivity index (χ4v) is 3.71. The van der Waals surface area contributed by atoms with Gasteiger partial charge in [0.15, 0.2) is 0 Å². The standard InChI is InChI=1S/C20H28ClN5O/c1-13-6-4-7-23-17(13)11-16(21)15(3)18-12-27-9-5-8-26(18)19-10-14(2)24-20(22)25-19/h10-11,18,23H,3-9,12H2,1-2H3,(H2,22,24,25)/b16-11+/t18-/m0/s1. The van der Waals surface area contributed by atoms with E-state index in [0.29, 0.717) is 18.2 Å². The van der Waals surface area contributed by atoms with Crippen LogP contribution in [0.15, 0.2) is 40.6 Å². The predicted molar refractivity (Wildman–Crippen MR) is 111 cm³/mol. The van der Waals surface area contributed by atoms with Gasteiger partial charge in [0.05, 0.1) is 12.6 Å². The van der Waals surface area contributed by atoms with Gasteiger partial charge >= 0.3 is 0 Å². The monoisotopic (exact) mass is 389 g/mol. The number of nitrogens with one attached hydrogen (secondary N) is 1. The number of rotatable bonds is 4. The minimum absolute atomic E-state index is 0.102. The summed E-state index contributed by atoms with van der Waals surface area (Å²) in [5.41, 5.74) is 9.94. The summed E-state index contributed by atoms with van der Waals surface area (Å²) in [5, 5.41) is 4.06. The van der Waals surface area contributed by atoms with Crippen molar-refractivity contribution in [1.29, 1.82) is 0 Å². The molecule has 0 spiro atoms. The Bertz CT molecular complexity index is 753. The lowest BCUT2D eigenvalue weighted by molar-refractivity contribution is 0.141. The maximum Gasteiger partial charge on any atom is 0.222 e. The van der Waals surface area contributed by atoms with Crippen LogP contribution in [0.3, 0.4) is 0 Å². The van der Waals surface area contributed by atoms with E-state index in [1.165, 1.54) is 5.57 Å². The zero-order chi connectivity index (χ0) is 19.4. The van der Waals surface area contributed by atoms with Gasteiger partial charge in [0.2, 0.25) is 5.95 Å². The molecular formula is C20H28ClN5O. The van der Waals surface area contributed by atoms with E-state index in [0.717, 1.165) is 55.1 Å². The van der Waals surface area contributed by atoms with E-state index in [1.54, 1.807) is 0 Å². The SMILES string of the molecule is C=C(/C(Cl)=C\C1=C(C)CCCN1)[C@@H]1COCCCN1c1cc(C)nc(N)n1. The van der Waals surface area contributed by atoms with Gasteiger partial charge in [-0.15, -0.1) is 0 Å². The number of allylic oxidation sites excluding steroid dienone is 2. The van der Waals surface area contributed by atoms with Crippen LogP contribution in [0.25, 0.3) is 0 Å². The number of hydrogen-bond acceptors (Lipinski definition) is 6. The first kappa shape index (κ1) is 19.7. The van der Waals surface area contributed by atoms with Gasteiger partial charge < -0.3 is 20.7 Å². The lowest BCUT2D eigenvalue weighted by Gasteiger charge is -2.32. The second-order valence-electron chi connectivity index (χ2n) is 7.11. The number of ether oxygens (including phenoxy) is 1. The van der Waals surface area contributed by atoms with Crippen molar-refractivity contribution < 1.29 is 4.74 Å². The largest absolute Gasteiger partial charge is 0.385 e. The molecule has 0 unspecified atom stereocenters. The molecule has 1 aromatic heterocycles. The topological polar surface area (TPSA) is 76.3 Å². The van der Waals surface area contributed by atoms with Gasteiger partial charge in [0, 0.05) is 42.2 Å². The maximum atomic E-state index is 6.68. The Morgan fingerprint density at radius 2 is 2.22 bits per heavy atom. The summed E-state index contributed by atoms with van der Waals surface area (Å²) in [6, 6.07) is 1.84. The first-order chi connectivity index (χ1) is 13.0. The molecule has 0 amide bonds. The van der Waals surface area contributed by atoms with E-state index in [9.17, 15) is 0 Å². The molecule has 2 aliphatic rings. The molecular weight excluding hydrogens is 362 g/mol. The fourth-order valence-electron chi connectivity index (χ4n) is 3.48. The first-order valence-electron chi connectivity index (χ1n) is 9.41. The summed E-state index contributed by atoms with van der Waals surface area (Å²) in [5.74, 6) is 1.06. The molecule has 7 heteroatoms. The van der Waals surface area contributed by atoms with Crippen LogP contribution in [-0.4, -0.2) is 42.3 Å². The van der Waals surface area contributed by atoms with Crippen LogP contribution in [0, 0.1) is 6.92 Å². The van der Waals surface area contributed by atoms with E-state index in [1.807, 2.05) is 19.1 Å². The van der Waals surface area contributed by atoms with Crippen molar-refractivity contribution in [1.82, 2.24) is 15.3 Å². The van der Waals surface area contributed by atoms with Crippen molar-refractivity contribution in [3.63, 3.8) is 0 Å². The molecule has 146 valence electrons. The molecule has 27 heavy (non-hydrogen) atoms. The van der Waals surface area contributed by atoms with Crippen LogP contribution in [0.4, 0.5) is 11.8 Å². The van der Waals surface area contributed by atoms with Crippen LogP contribution in [-0.2, 0) is 4.74 Å². The Balaban J connectivity index is 1.89. The van der Waals surface area contributed by atoms with Gasteiger partial charge in [0.1, 0.15) is 5.82 Å². The minimum Gasteiger partial charge on any atom is -0.385 e. The molecule has 6 nitrogen and oxygen atoms in total. The van der Waals surface area contributed by atoms with E-state index < -0.39 is 0 Å². The van der Waals surface area contributed by atoms with Crippen LogP contribution >= 0.6 is 11.6 Å². The lowest BCUT2D eigenvalue weighted by atomic mass is 10.0. The Hall–Kier alpha value is -2.05. The second-order valence-corrected chi connectivity index (χ2v) is 7.51. The highest BCUT2D eigenvalue weighted by Gasteiger charge is 2.27. The third-order valence-electron chi connectivity index (χ3n) is 4.98. The average molecular weight is 390 g/mol. The third-order valence-corrected chi connectivity index (χ3v) is 5.33. The van der Waals surface area contributed by atoms with Crippen LogP contribution in [0.5, 0.6) is 0 Å². The molecule has 2 aliphatic heterocycles. The van der Waals surface area contributed by atoms with Crippen molar-refractivity contribution >= 4 is 23.4 Å². The van der Waals surface area contributed by atoms with Crippen molar-refractivity contribution in [2.75, 3.05) is 36.9 Å². The summed E-state index contributed by atoms with van der Waals surface area (Å²) < 4.78 is 5.81. The number of hydrogen-bond donors (Lipinski definition) is 2. The maximum absolute atomic E-state index is 6.68. The van der Waals surface area contributed by atoms with Crippen molar-refractivity contribution in [2.45, 2.75) is 39.2 Å². The molecule has 3 heterocycles. The van der Waals surface area contributed by atoms with E-state index in [-0.39, 0.29) is 12.0 Å². The normalized spacial score (nSPS) is 21.7.